The van der Waals surface area contributed by atoms with Gasteiger partial charge < -0.3 is 5.73 Å². The first kappa shape index (κ1) is 10.9. The fourth-order valence-electron chi connectivity index (χ4n) is 1.78. The fourth-order valence-corrected chi connectivity index (χ4v) is 1.78. The van der Waals surface area contributed by atoms with Crippen LogP contribution in [0.5, 0.6) is 0 Å². The number of nitrogens with two attached hydrogens (primary N) is 1. The lowest BCUT2D eigenvalue weighted by Crippen LogP contribution is -2.19. The van der Waals surface area contributed by atoms with Gasteiger partial charge >= 0.3 is 0 Å². The second kappa shape index (κ2) is 4.09. The molecule has 1 fully saturated rings. The summed E-state index contributed by atoms with van der Waals surface area (Å²) in [6, 6.07) is 5.67. The van der Waals surface area contributed by atoms with Crippen LogP contribution in [0, 0.1) is 10.1 Å². The number of rotatable bonds is 4. The Kier molecular flexibility index (Phi) is 2.78. The molecule has 1 aromatic carbocycles. The van der Waals surface area contributed by atoms with E-state index in [0.29, 0.717) is 6.04 Å². The van der Waals surface area contributed by atoms with E-state index < -0.39 is 4.92 Å². The van der Waals surface area contributed by atoms with E-state index in [0.717, 1.165) is 12.1 Å². The predicted octanol–water partition coefficient (Wildman–Crippen LogP) is 1.77. The van der Waals surface area contributed by atoms with Gasteiger partial charge in [-0.05, 0) is 31.5 Å². The van der Waals surface area contributed by atoms with Crippen molar-refractivity contribution in [2.24, 2.45) is 0 Å². The molecule has 1 aliphatic carbocycles. The molecule has 0 aromatic heterocycles. The number of benzene rings is 1. The summed E-state index contributed by atoms with van der Waals surface area (Å²) in [5, 5.41) is 10.7. The van der Waals surface area contributed by atoms with E-state index in [1.807, 2.05) is 13.1 Å². The lowest BCUT2D eigenvalue weighted by atomic mass is 10.1. The summed E-state index contributed by atoms with van der Waals surface area (Å²) in [5.74, 6) is 0. The highest BCUT2D eigenvalue weighted by Crippen LogP contribution is 2.28. The van der Waals surface area contributed by atoms with Gasteiger partial charge in [0, 0.05) is 18.7 Å². The third-order valence-electron chi connectivity index (χ3n) is 2.89. The van der Waals surface area contributed by atoms with Crippen LogP contribution in [0.4, 0.5) is 11.4 Å². The Labute approximate surface area is 94.0 Å². The van der Waals surface area contributed by atoms with Crippen LogP contribution in [0.15, 0.2) is 18.2 Å². The van der Waals surface area contributed by atoms with Gasteiger partial charge in [0.15, 0.2) is 0 Å². The van der Waals surface area contributed by atoms with Crippen LogP contribution in [-0.2, 0) is 6.54 Å². The average Bonchev–Trinajstić information content (AvgIpc) is 3.03. The van der Waals surface area contributed by atoms with Crippen LogP contribution in [0.1, 0.15) is 18.4 Å². The van der Waals surface area contributed by atoms with Gasteiger partial charge in [0.2, 0.25) is 0 Å². The Balaban J connectivity index is 2.15. The molecule has 1 saturated carbocycles. The number of anilines is 1. The molecule has 16 heavy (non-hydrogen) atoms. The summed E-state index contributed by atoms with van der Waals surface area (Å²) in [5.41, 5.74) is 6.70. The molecule has 2 N–H and O–H groups in total. The maximum Gasteiger partial charge on any atom is 0.292 e. The van der Waals surface area contributed by atoms with Crippen molar-refractivity contribution in [1.29, 1.82) is 0 Å². The molecule has 0 spiro atoms. The maximum absolute atomic E-state index is 10.7. The average molecular weight is 221 g/mol. The van der Waals surface area contributed by atoms with Gasteiger partial charge in [-0.25, -0.2) is 0 Å². The van der Waals surface area contributed by atoms with Crippen molar-refractivity contribution in [2.75, 3.05) is 12.8 Å². The second-order valence-electron chi connectivity index (χ2n) is 4.30. The maximum atomic E-state index is 10.7. The minimum Gasteiger partial charge on any atom is -0.393 e. The van der Waals surface area contributed by atoms with Crippen molar-refractivity contribution in [3.8, 4) is 0 Å². The van der Waals surface area contributed by atoms with E-state index in [1.54, 1.807) is 12.1 Å². The van der Waals surface area contributed by atoms with E-state index in [9.17, 15) is 10.1 Å². The molecule has 0 radical (unpaired) electrons. The normalized spacial score (nSPS) is 15.4. The lowest BCUT2D eigenvalue weighted by Gasteiger charge is -2.15. The highest BCUT2D eigenvalue weighted by molar-refractivity contribution is 5.59. The fraction of sp³-hybridized carbons (Fsp3) is 0.455. The molecule has 86 valence electrons. The Bertz CT molecular complexity index is 416. The van der Waals surface area contributed by atoms with Crippen LogP contribution >= 0.6 is 0 Å². The summed E-state index contributed by atoms with van der Waals surface area (Å²) in [6.07, 6.45) is 2.46. The molecule has 0 saturated heterocycles. The van der Waals surface area contributed by atoms with Crippen LogP contribution < -0.4 is 5.73 Å². The van der Waals surface area contributed by atoms with Crippen molar-refractivity contribution < 1.29 is 4.92 Å². The predicted molar refractivity (Wildman–Crippen MR) is 62.0 cm³/mol. The number of nitrogen functional groups attached to an aromatic ring is 1. The van der Waals surface area contributed by atoms with Crippen molar-refractivity contribution >= 4 is 11.4 Å². The highest BCUT2D eigenvalue weighted by atomic mass is 16.6. The molecule has 0 aliphatic heterocycles. The molecule has 0 unspecified atom stereocenters. The van der Waals surface area contributed by atoms with E-state index in [2.05, 4.69) is 4.90 Å². The molecular formula is C11H15N3O2. The lowest BCUT2D eigenvalue weighted by molar-refractivity contribution is -0.384. The summed E-state index contributed by atoms with van der Waals surface area (Å²) in [4.78, 5) is 12.5. The topological polar surface area (TPSA) is 72.4 Å². The zero-order valence-electron chi connectivity index (χ0n) is 9.22. The van der Waals surface area contributed by atoms with Crippen LogP contribution in [0.25, 0.3) is 0 Å². The van der Waals surface area contributed by atoms with Gasteiger partial charge in [-0.2, -0.15) is 0 Å². The number of hydrogen-bond donors (Lipinski definition) is 1. The molecular weight excluding hydrogens is 206 g/mol. The summed E-state index contributed by atoms with van der Waals surface area (Å²) in [6.45, 7) is 0.742. The van der Waals surface area contributed by atoms with Crippen molar-refractivity contribution in [2.45, 2.75) is 25.4 Å². The number of hydrogen-bond acceptors (Lipinski definition) is 4. The molecule has 5 nitrogen and oxygen atoms in total. The standard InChI is InChI=1S/C11H15N3O2/c1-13(9-3-4-9)7-8-2-5-10(12)11(6-8)14(15)16/h2,5-6,9H,3-4,7,12H2,1H3. The first-order valence-electron chi connectivity index (χ1n) is 5.31. The molecule has 0 amide bonds. The van der Waals surface area contributed by atoms with Gasteiger partial charge in [-0.3, -0.25) is 15.0 Å². The minimum atomic E-state index is -0.435. The first-order valence-corrected chi connectivity index (χ1v) is 5.31. The van der Waals surface area contributed by atoms with Crippen molar-refractivity contribution in [1.82, 2.24) is 4.90 Å². The quantitative estimate of drug-likeness (QED) is 0.478. The van der Waals surface area contributed by atoms with Gasteiger partial charge in [-0.1, -0.05) is 6.07 Å². The Morgan fingerprint density at radius 1 is 1.56 bits per heavy atom. The van der Waals surface area contributed by atoms with Crippen LogP contribution in [0.3, 0.4) is 0 Å². The molecule has 0 heterocycles. The van der Waals surface area contributed by atoms with Gasteiger partial charge in [0.05, 0.1) is 4.92 Å². The Morgan fingerprint density at radius 2 is 2.25 bits per heavy atom. The summed E-state index contributed by atoms with van der Waals surface area (Å²) < 4.78 is 0. The van der Waals surface area contributed by atoms with Gasteiger partial charge in [-0.15, -0.1) is 0 Å². The molecule has 5 heteroatoms. The van der Waals surface area contributed by atoms with E-state index in [4.69, 9.17) is 5.73 Å². The van der Waals surface area contributed by atoms with E-state index >= 15 is 0 Å². The zero-order chi connectivity index (χ0) is 11.7. The molecule has 0 atom stereocenters. The third-order valence-corrected chi connectivity index (χ3v) is 2.89. The smallest absolute Gasteiger partial charge is 0.292 e. The largest absolute Gasteiger partial charge is 0.393 e. The Morgan fingerprint density at radius 3 is 2.81 bits per heavy atom. The SMILES string of the molecule is CN(Cc1ccc(N)c([N+](=O)[O-])c1)C1CC1. The minimum absolute atomic E-state index is 0.00157. The summed E-state index contributed by atoms with van der Waals surface area (Å²) >= 11 is 0. The van der Waals surface area contributed by atoms with Crippen molar-refractivity contribution in [3.05, 3.63) is 33.9 Å². The van der Waals surface area contributed by atoms with Crippen molar-refractivity contribution in [3.63, 3.8) is 0 Å². The zero-order valence-corrected chi connectivity index (χ0v) is 9.22. The molecule has 1 aromatic rings. The molecule has 0 bridgehead atoms. The molecule has 1 aliphatic rings. The van der Waals surface area contributed by atoms with E-state index in [1.165, 1.54) is 12.8 Å². The Hall–Kier alpha value is -1.62. The number of nitrogens with zero attached hydrogens (tertiary/aromatic N) is 2. The van der Waals surface area contributed by atoms with Gasteiger partial charge in [0.25, 0.3) is 5.69 Å². The van der Waals surface area contributed by atoms with Crippen LogP contribution in [-0.4, -0.2) is 22.9 Å². The van der Waals surface area contributed by atoms with Gasteiger partial charge in [0.1, 0.15) is 5.69 Å². The number of nitro benzene ring substituents is 1. The molecule has 2 rings (SSSR count). The summed E-state index contributed by atoms with van der Waals surface area (Å²) in [7, 11) is 2.04. The van der Waals surface area contributed by atoms with Crippen LogP contribution in [0.2, 0.25) is 0 Å². The number of nitro groups is 1. The third kappa shape index (κ3) is 2.30. The van der Waals surface area contributed by atoms with E-state index in [-0.39, 0.29) is 11.4 Å². The first-order chi connectivity index (χ1) is 7.58. The monoisotopic (exact) mass is 221 g/mol. The second-order valence-corrected chi connectivity index (χ2v) is 4.30. The highest BCUT2D eigenvalue weighted by Gasteiger charge is 2.26.